The van der Waals surface area contributed by atoms with Gasteiger partial charge in [0.1, 0.15) is 0 Å². The van der Waals surface area contributed by atoms with Crippen LogP contribution >= 0.6 is 0 Å². The molecule has 0 saturated carbocycles. The SMILES string of the molecule is C=CC(=O)[O-].C=CC(=O)[O-].C=CC(=O)[O-].[C]=O.[Rh+3]. The van der Waals surface area contributed by atoms with Gasteiger partial charge in [0, 0.05) is 0 Å². The van der Waals surface area contributed by atoms with Crippen LogP contribution in [-0.4, -0.2) is 24.7 Å². The second-order valence-electron chi connectivity index (χ2n) is 1.57. The van der Waals surface area contributed by atoms with Crippen molar-refractivity contribution in [1.29, 1.82) is 0 Å². The molecule has 0 heterocycles. The molecule has 0 amide bonds. The zero-order chi connectivity index (χ0) is 14.9. The van der Waals surface area contributed by atoms with E-state index < -0.39 is 17.9 Å². The third-order valence-corrected chi connectivity index (χ3v) is 0.500. The molecule has 0 aliphatic rings. The molecule has 100 valence electrons. The molecule has 0 aliphatic heterocycles. The van der Waals surface area contributed by atoms with Crippen LogP contribution in [0.25, 0.3) is 0 Å². The van der Waals surface area contributed by atoms with E-state index in [1.54, 1.807) is 0 Å². The molecular formula is C10H9O7Rh. The van der Waals surface area contributed by atoms with Gasteiger partial charge in [-0.25, -0.2) is 0 Å². The number of aliphatic carboxylic acids is 3. The Bertz CT molecular complexity index is 231. The Hall–Kier alpha value is -2.08. The molecule has 8 heteroatoms. The molecular weight excluding hydrogens is 335 g/mol. The van der Waals surface area contributed by atoms with E-state index in [-0.39, 0.29) is 19.5 Å². The molecule has 0 spiro atoms. The third-order valence-electron chi connectivity index (χ3n) is 0.500. The number of carboxylic acid groups (broad SMARTS) is 3. The quantitative estimate of drug-likeness (QED) is 0.380. The molecule has 0 aliphatic carbocycles. The first-order valence-electron chi connectivity index (χ1n) is 3.52. The summed E-state index contributed by atoms with van der Waals surface area (Å²) < 4.78 is 0. The summed E-state index contributed by atoms with van der Waals surface area (Å²) in [6.07, 6.45) is 2.17. The molecule has 0 aromatic rings. The summed E-state index contributed by atoms with van der Waals surface area (Å²) in [5.74, 6) is -3.69. The fraction of sp³-hybridized carbons (Fsp3) is 0. The van der Waals surface area contributed by atoms with E-state index >= 15 is 0 Å². The number of carbonyl (C=O) groups is 3. The minimum Gasteiger partial charge on any atom is -0.545 e. The minimum atomic E-state index is -1.23. The summed E-state index contributed by atoms with van der Waals surface area (Å²) >= 11 is 0. The van der Waals surface area contributed by atoms with E-state index in [9.17, 15) is 0 Å². The second-order valence-corrected chi connectivity index (χ2v) is 1.57. The molecule has 0 unspecified atom stereocenters. The van der Waals surface area contributed by atoms with E-state index in [0.717, 1.165) is 18.2 Å². The average Bonchev–Trinajstić information content (AvgIpc) is 2.32. The fourth-order valence-corrected chi connectivity index (χ4v) is 0. The van der Waals surface area contributed by atoms with Crippen molar-refractivity contribution < 1.29 is 54.0 Å². The Kier molecular flexibility index (Phi) is 48.5. The topological polar surface area (TPSA) is 137 Å². The maximum Gasteiger partial charge on any atom is 3.00 e. The fourth-order valence-electron chi connectivity index (χ4n) is 0. The van der Waals surface area contributed by atoms with Crippen LogP contribution in [0.1, 0.15) is 0 Å². The van der Waals surface area contributed by atoms with Crippen LogP contribution in [0.15, 0.2) is 38.0 Å². The van der Waals surface area contributed by atoms with E-state index in [2.05, 4.69) is 26.5 Å². The standard InChI is InChI=1S/3C3H4O2.CO.Rh/c3*1-2-3(4)5;1-2;/h3*2H,1H2,(H,4,5);;/q;;;;+3/p-3. The smallest absolute Gasteiger partial charge is 0.545 e. The Morgan fingerprint density at radius 3 is 0.778 bits per heavy atom. The van der Waals surface area contributed by atoms with Crippen molar-refractivity contribution in [1.82, 2.24) is 0 Å². The van der Waals surface area contributed by atoms with Gasteiger partial charge in [0.25, 0.3) is 6.79 Å². The molecule has 2 radical (unpaired) electrons. The second kappa shape index (κ2) is 29.4. The van der Waals surface area contributed by atoms with E-state index in [1.807, 2.05) is 0 Å². The Morgan fingerprint density at radius 1 is 0.722 bits per heavy atom. The van der Waals surface area contributed by atoms with Crippen LogP contribution in [0.2, 0.25) is 0 Å². The first-order chi connectivity index (χ1) is 7.81. The van der Waals surface area contributed by atoms with Gasteiger partial charge in [0.05, 0.1) is 17.9 Å². The van der Waals surface area contributed by atoms with Crippen molar-refractivity contribution in [2.24, 2.45) is 0 Å². The largest absolute Gasteiger partial charge is 3.00 e. The zero-order valence-corrected chi connectivity index (χ0v) is 10.7. The predicted molar refractivity (Wildman–Crippen MR) is 51.3 cm³/mol. The first kappa shape index (κ1) is 29.7. The van der Waals surface area contributed by atoms with Crippen molar-refractivity contribution >= 4 is 24.7 Å². The van der Waals surface area contributed by atoms with Crippen LogP contribution < -0.4 is 15.3 Å². The summed E-state index contributed by atoms with van der Waals surface area (Å²) in [7, 11) is 0. The van der Waals surface area contributed by atoms with Crippen LogP contribution in [0.3, 0.4) is 0 Å². The van der Waals surface area contributed by atoms with Gasteiger partial charge in [-0.05, 0) is 18.2 Å². The first-order valence-corrected chi connectivity index (χ1v) is 3.52. The van der Waals surface area contributed by atoms with Gasteiger partial charge in [-0.2, -0.15) is 0 Å². The number of carboxylic acids is 3. The van der Waals surface area contributed by atoms with Crippen LogP contribution in [0.4, 0.5) is 0 Å². The minimum absolute atomic E-state index is 0. The van der Waals surface area contributed by atoms with Crippen molar-refractivity contribution in [3.63, 3.8) is 0 Å². The molecule has 0 aromatic heterocycles. The number of hydrogen-bond donors (Lipinski definition) is 0. The van der Waals surface area contributed by atoms with Crippen molar-refractivity contribution in [3.05, 3.63) is 38.0 Å². The zero-order valence-electron chi connectivity index (χ0n) is 9.04. The van der Waals surface area contributed by atoms with E-state index in [4.69, 9.17) is 34.5 Å². The van der Waals surface area contributed by atoms with Gasteiger partial charge in [0.2, 0.25) is 0 Å². The third kappa shape index (κ3) is 151. The molecule has 0 N–H and O–H groups in total. The van der Waals surface area contributed by atoms with Crippen molar-refractivity contribution in [2.75, 3.05) is 0 Å². The van der Waals surface area contributed by atoms with Gasteiger partial charge in [-0.15, -0.1) is 0 Å². The van der Waals surface area contributed by atoms with Gasteiger partial charge >= 0.3 is 19.5 Å². The average molecular weight is 344 g/mol. The predicted octanol–water partition coefficient (Wildman–Crippen LogP) is -3.63. The molecule has 18 heavy (non-hydrogen) atoms. The molecule has 7 nitrogen and oxygen atoms in total. The van der Waals surface area contributed by atoms with E-state index in [0.29, 0.717) is 0 Å². The number of hydrogen-bond acceptors (Lipinski definition) is 7. The molecule has 0 rings (SSSR count). The summed E-state index contributed by atoms with van der Waals surface area (Å²) in [5.41, 5.74) is 0. The summed E-state index contributed by atoms with van der Waals surface area (Å²) in [6, 6.07) is 0. The monoisotopic (exact) mass is 344 g/mol. The summed E-state index contributed by atoms with van der Waals surface area (Å²) in [5, 5.41) is 27.4. The summed E-state index contributed by atoms with van der Waals surface area (Å²) in [6.45, 7) is 13.2. The summed E-state index contributed by atoms with van der Waals surface area (Å²) in [4.78, 5) is 34.9. The molecule has 0 aromatic carbocycles. The maximum absolute atomic E-state index is 9.14. The van der Waals surface area contributed by atoms with Gasteiger partial charge in [0.15, 0.2) is 0 Å². The molecule has 0 bridgehead atoms. The van der Waals surface area contributed by atoms with Crippen LogP contribution in [0, 0.1) is 0 Å². The van der Waals surface area contributed by atoms with Crippen molar-refractivity contribution in [3.8, 4) is 0 Å². The Morgan fingerprint density at radius 2 is 0.778 bits per heavy atom. The van der Waals surface area contributed by atoms with Crippen molar-refractivity contribution in [2.45, 2.75) is 0 Å². The number of rotatable bonds is 3. The number of carbonyl (C=O) groups excluding carboxylic acids is 4. The molecule has 0 saturated heterocycles. The van der Waals surface area contributed by atoms with Crippen LogP contribution in [-0.2, 0) is 38.7 Å². The van der Waals surface area contributed by atoms with E-state index in [1.165, 1.54) is 0 Å². The maximum atomic E-state index is 9.14. The van der Waals surface area contributed by atoms with Crippen LogP contribution in [0.5, 0.6) is 0 Å². The normalized spacial score (nSPS) is 5.56. The molecule has 0 atom stereocenters. The Labute approximate surface area is 117 Å². The van der Waals surface area contributed by atoms with Gasteiger partial charge in [-0.1, -0.05) is 19.7 Å². The van der Waals surface area contributed by atoms with Gasteiger partial charge < -0.3 is 29.7 Å². The van der Waals surface area contributed by atoms with Gasteiger partial charge in [-0.3, -0.25) is 4.79 Å². The molecule has 0 fully saturated rings. The Balaban J connectivity index is -0.0000000427.